The molecule has 0 aliphatic rings. The molecule has 5 rings (SSSR count). The second-order valence-electron chi connectivity index (χ2n) is 7.60. The van der Waals surface area contributed by atoms with Crippen LogP contribution in [0.3, 0.4) is 0 Å². The molecular formula is C27H21N5. The Balaban J connectivity index is 1.53. The fourth-order valence-electron chi connectivity index (χ4n) is 3.67. The van der Waals surface area contributed by atoms with E-state index in [4.69, 9.17) is 5.73 Å². The summed E-state index contributed by atoms with van der Waals surface area (Å²) < 4.78 is 0. The highest BCUT2D eigenvalue weighted by molar-refractivity contribution is 6.01. The minimum atomic E-state index is 0.730. The molecule has 0 aromatic heterocycles. The van der Waals surface area contributed by atoms with E-state index in [0.717, 1.165) is 50.0 Å². The zero-order valence-corrected chi connectivity index (χ0v) is 17.6. The Morgan fingerprint density at radius 1 is 0.469 bits per heavy atom. The van der Waals surface area contributed by atoms with Gasteiger partial charge in [-0.2, -0.15) is 5.11 Å². The van der Waals surface area contributed by atoms with E-state index in [2.05, 4.69) is 27.4 Å². The van der Waals surface area contributed by atoms with Crippen LogP contribution in [-0.4, -0.2) is 0 Å². The molecule has 0 radical (unpaired) electrons. The molecule has 0 bridgehead atoms. The first-order valence-corrected chi connectivity index (χ1v) is 10.4. The molecule has 0 unspecified atom stereocenters. The molecule has 0 saturated heterocycles. The average Bonchev–Trinajstić information content (AvgIpc) is 2.84. The van der Waals surface area contributed by atoms with Crippen LogP contribution in [0.4, 0.5) is 28.4 Å². The topological polar surface area (TPSA) is 75.5 Å². The number of azo groups is 2. The van der Waals surface area contributed by atoms with Crippen LogP contribution < -0.4 is 5.73 Å². The lowest BCUT2D eigenvalue weighted by atomic mass is 10.1. The predicted molar refractivity (Wildman–Crippen MR) is 132 cm³/mol. The molecule has 154 valence electrons. The second kappa shape index (κ2) is 8.40. The Hall–Kier alpha value is -4.38. The van der Waals surface area contributed by atoms with Gasteiger partial charge in [0.1, 0.15) is 0 Å². The highest BCUT2D eigenvalue weighted by Crippen LogP contribution is 2.36. The molecule has 0 aliphatic heterocycles. The van der Waals surface area contributed by atoms with Crippen molar-refractivity contribution in [2.45, 2.75) is 6.92 Å². The Morgan fingerprint density at radius 2 is 0.906 bits per heavy atom. The number of nitrogens with two attached hydrogens (primary N) is 1. The fourth-order valence-corrected chi connectivity index (χ4v) is 3.67. The van der Waals surface area contributed by atoms with Gasteiger partial charge >= 0.3 is 0 Å². The molecule has 5 aromatic rings. The summed E-state index contributed by atoms with van der Waals surface area (Å²) in [6.07, 6.45) is 0. The van der Waals surface area contributed by atoms with Gasteiger partial charge in [0.2, 0.25) is 0 Å². The number of hydrogen-bond donors (Lipinski definition) is 1. The van der Waals surface area contributed by atoms with E-state index >= 15 is 0 Å². The van der Waals surface area contributed by atoms with E-state index in [1.165, 1.54) is 5.56 Å². The molecule has 5 aromatic carbocycles. The number of fused-ring (bicyclic) bond motifs is 2. The SMILES string of the molecule is Cc1ccc(/N=N/c2ccc(/N=N/c3ccc(N)c4ccccc34)c3ccccc23)cc1. The van der Waals surface area contributed by atoms with Gasteiger partial charge in [0, 0.05) is 27.2 Å². The van der Waals surface area contributed by atoms with Crippen molar-refractivity contribution in [3.05, 3.63) is 103 Å². The standard InChI is InChI=1S/C27H21N5/c1-18-10-12-19(13-11-18)29-30-26-16-17-27(23-9-5-4-8-22(23)26)32-31-25-15-14-24(28)20-6-2-3-7-21(20)25/h2-17H,28H2,1H3/b30-29+,32-31+. The van der Waals surface area contributed by atoms with Crippen LogP contribution in [0.1, 0.15) is 5.56 Å². The monoisotopic (exact) mass is 415 g/mol. The van der Waals surface area contributed by atoms with Crippen molar-refractivity contribution in [1.29, 1.82) is 0 Å². The normalized spacial score (nSPS) is 11.8. The van der Waals surface area contributed by atoms with Crippen LogP contribution in [0, 0.1) is 6.92 Å². The van der Waals surface area contributed by atoms with Gasteiger partial charge in [-0.1, -0.05) is 66.2 Å². The summed E-state index contributed by atoms with van der Waals surface area (Å²) in [7, 11) is 0. The lowest BCUT2D eigenvalue weighted by molar-refractivity contribution is 1.23. The maximum Gasteiger partial charge on any atom is 0.0936 e. The third kappa shape index (κ3) is 3.84. The van der Waals surface area contributed by atoms with E-state index in [1.54, 1.807) is 0 Å². The lowest BCUT2D eigenvalue weighted by Crippen LogP contribution is -1.86. The maximum atomic E-state index is 6.11. The zero-order valence-electron chi connectivity index (χ0n) is 17.6. The number of aryl methyl sites for hydroxylation is 1. The molecule has 0 aliphatic carbocycles. The fraction of sp³-hybridized carbons (Fsp3) is 0.0370. The highest BCUT2D eigenvalue weighted by atomic mass is 15.1. The molecule has 0 fully saturated rings. The van der Waals surface area contributed by atoms with Crippen LogP contribution in [0.25, 0.3) is 21.5 Å². The first-order chi connectivity index (χ1) is 15.7. The molecule has 32 heavy (non-hydrogen) atoms. The van der Waals surface area contributed by atoms with Crippen molar-refractivity contribution in [3.63, 3.8) is 0 Å². The van der Waals surface area contributed by atoms with E-state index in [9.17, 15) is 0 Å². The summed E-state index contributed by atoms with van der Waals surface area (Å²) in [5.74, 6) is 0. The summed E-state index contributed by atoms with van der Waals surface area (Å²) in [6.45, 7) is 2.05. The van der Waals surface area contributed by atoms with Gasteiger partial charge in [0.05, 0.1) is 22.7 Å². The average molecular weight is 416 g/mol. The molecule has 0 atom stereocenters. The van der Waals surface area contributed by atoms with E-state index < -0.39 is 0 Å². The van der Waals surface area contributed by atoms with E-state index in [0.29, 0.717) is 0 Å². The summed E-state index contributed by atoms with van der Waals surface area (Å²) in [4.78, 5) is 0. The van der Waals surface area contributed by atoms with Crippen molar-refractivity contribution in [3.8, 4) is 0 Å². The number of rotatable bonds is 4. The molecule has 0 amide bonds. The number of nitrogens with zero attached hydrogens (tertiary/aromatic N) is 4. The minimum absolute atomic E-state index is 0.730. The van der Waals surface area contributed by atoms with Crippen molar-refractivity contribution in [2.75, 3.05) is 5.73 Å². The number of hydrogen-bond acceptors (Lipinski definition) is 5. The number of nitrogen functional groups attached to an aromatic ring is 1. The van der Waals surface area contributed by atoms with Crippen LogP contribution in [0.15, 0.2) is 118 Å². The third-order valence-electron chi connectivity index (χ3n) is 5.39. The van der Waals surface area contributed by atoms with Crippen molar-refractivity contribution >= 4 is 50.0 Å². The predicted octanol–water partition coefficient (Wildman–Crippen LogP) is 8.71. The number of benzene rings is 5. The van der Waals surface area contributed by atoms with Crippen LogP contribution >= 0.6 is 0 Å². The quantitative estimate of drug-likeness (QED) is 0.231. The largest absolute Gasteiger partial charge is 0.398 e. The molecule has 0 heterocycles. The van der Waals surface area contributed by atoms with Gasteiger partial charge in [-0.3, -0.25) is 0 Å². The maximum absolute atomic E-state index is 6.11. The van der Waals surface area contributed by atoms with Crippen LogP contribution in [0.5, 0.6) is 0 Å². The van der Waals surface area contributed by atoms with Crippen LogP contribution in [0.2, 0.25) is 0 Å². The molecule has 5 heteroatoms. The summed E-state index contributed by atoms with van der Waals surface area (Å²) in [5.41, 5.74) is 11.2. The first kappa shape index (κ1) is 19.6. The Morgan fingerprint density at radius 3 is 1.47 bits per heavy atom. The Kier molecular flexibility index (Phi) is 5.14. The lowest BCUT2D eigenvalue weighted by Gasteiger charge is -2.06. The highest BCUT2D eigenvalue weighted by Gasteiger charge is 2.07. The van der Waals surface area contributed by atoms with Crippen LogP contribution in [-0.2, 0) is 0 Å². The molecular weight excluding hydrogens is 394 g/mol. The molecule has 0 saturated carbocycles. The minimum Gasteiger partial charge on any atom is -0.398 e. The van der Waals surface area contributed by atoms with Gasteiger partial charge in [0.25, 0.3) is 0 Å². The smallest absolute Gasteiger partial charge is 0.0936 e. The number of anilines is 1. The summed E-state index contributed by atoms with van der Waals surface area (Å²) in [6, 6.07) is 31.5. The zero-order chi connectivity index (χ0) is 21.9. The summed E-state index contributed by atoms with van der Waals surface area (Å²) >= 11 is 0. The molecule has 2 N–H and O–H groups in total. The van der Waals surface area contributed by atoms with Gasteiger partial charge in [-0.05, 0) is 43.3 Å². The Bertz CT molecular complexity index is 1480. The van der Waals surface area contributed by atoms with Crippen molar-refractivity contribution in [2.24, 2.45) is 20.5 Å². The second-order valence-corrected chi connectivity index (χ2v) is 7.60. The molecule has 5 nitrogen and oxygen atoms in total. The molecule has 0 spiro atoms. The van der Waals surface area contributed by atoms with Crippen molar-refractivity contribution < 1.29 is 0 Å². The van der Waals surface area contributed by atoms with E-state index in [-0.39, 0.29) is 0 Å². The van der Waals surface area contributed by atoms with Gasteiger partial charge in [-0.25, -0.2) is 0 Å². The Labute approximate surface area is 186 Å². The van der Waals surface area contributed by atoms with Gasteiger partial charge in [0.15, 0.2) is 0 Å². The third-order valence-corrected chi connectivity index (χ3v) is 5.39. The van der Waals surface area contributed by atoms with E-state index in [1.807, 2.05) is 97.1 Å². The van der Waals surface area contributed by atoms with Gasteiger partial charge in [-0.15, -0.1) is 15.3 Å². The van der Waals surface area contributed by atoms with Crippen molar-refractivity contribution in [1.82, 2.24) is 0 Å². The summed E-state index contributed by atoms with van der Waals surface area (Å²) in [5, 5.41) is 21.9. The van der Waals surface area contributed by atoms with Gasteiger partial charge < -0.3 is 5.73 Å². The first-order valence-electron chi connectivity index (χ1n) is 10.4.